The zero-order valence-corrected chi connectivity index (χ0v) is 10.6. The minimum atomic E-state index is -0.811. The van der Waals surface area contributed by atoms with Crippen molar-refractivity contribution in [1.29, 1.82) is 0 Å². The van der Waals surface area contributed by atoms with Gasteiger partial charge in [-0.1, -0.05) is 20.8 Å². The highest BCUT2D eigenvalue weighted by Gasteiger charge is 2.12. The van der Waals surface area contributed by atoms with Crippen LogP contribution >= 0.6 is 0 Å². The Labute approximate surface area is 94.4 Å². The summed E-state index contributed by atoms with van der Waals surface area (Å²) in [5.41, 5.74) is 5.75. The maximum absolute atomic E-state index is 11.3. The molecule has 3 N–H and O–H groups in total. The third-order valence-corrected chi connectivity index (χ3v) is 3.55. The van der Waals surface area contributed by atoms with Gasteiger partial charge in [-0.2, -0.15) is 0 Å². The van der Waals surface area contributed by atoms with Crippen LogP contribution in [0, 0.1) is 5.92 Å². The van der Waals surface area contributed by atoms with Gasteiger partial charge in [-0.25, -0.2) is 0 Å². The second kappa shape index (κ2) is 7.82. The third-order valence-electron chi connectivity index (χ3n) is 2.25. The van der Waals surface area contributed by atoms with Crippen molar-refractivity contribution in [2.45, 2.75) is 33.2 Å². The fraction of sp³-hybridized carbons (Fsp3) is 0.900. The van der Waals surface area contributed by atoms with Gasteiger partial charge in [0, 0.05) is 41.3 Å². The Kier molecular flexibility index (Phi) is 7.60. The average Bonchev–Trinajstić information content (AvgIpc) is 2.17. The second-order valence-electron chi connectivity index (χ2n) is 3.89. The van der Waals surface area contributed by atoms with Crippen molar-refractivity contribution in [3.05, 3.63) is 0 Å². The fourth-order valence-electron chi connectivity index (χ4n) is 0.971. The van der Waals surface area contributed by atoms with Crippen LogP contribution in [0.3, 0.4) is 0 Å². The van der Waals surface area contributed by atoms with Gasteiger partial charge in [-0.05, 0) is 5.92 Å². The van der Waals surface area contributed by atoms with E-state index in [9.17, 15) is 9.00 Å². The van der Waals surface area contributed by atoms with Gasteiger partial charge in [-0.15, -0.1) is 0 Å². The Morgan fingerprint density at radius 3 is 2.53 bits per heavy atom. The monoisotopic (exact) mass is 234 g/mol. The number of hydrogen-bond donors (Lipinski definition) is 2. The Balaban J connectivity index is 3.62. The molecule has 0 aliphatic rings. The van der Waals surface area contributed by atoms with Crippen LogP contribution in [0.1, 0.15) is 27.2 Å². The molecule has 15 heavy (non-hydrogen) atoms. The first-order valence-corrected chi connectivity index (χ1v) is 6.83. The first-order valence-electron chi connectivity index (χ1n) is 5.34. The number of carbonyl (C=O) groups excluding carboxylic acids is 1. The van der Waals surface area contributed by atoms with E-state index in [1.165, 1.54) is 0 Å². The van der Waals surface area contributed by atoms with Gasteiger partial charge in [0.1, 0.15) is 0 Å². The molecule has 90 valence electrons. The van der Waals surface area contributed by atoms with Crippen LogP contribution in [0.25, 0.3) is 0 Å². The number of rotatable bonds is 7. The summed E-state index contributed by atoms with van der Waals surface area (Å²) < 4.78 is 11.1. The second-order valence-corrected chi connectivity index (χ2v) is 5.76. The Morgan fingerprint density at radius 1 is 1.47 bits per heavy atom. The smallest absolute Gasteiger partial charge is 0.221 e. The summed E-state index contributed by atoms with van der Waals surface area (Å²) in [4.78, 5) is 11.3. The first-order chi connectivity index (χ1) is 6.97. The van der Waals surface area contributed by atoms with E-state index in [-0.39, 0.29) is 11.9 Å². The number of nitrogens with two attached hydrogens (primary N) is 1. The summed E-state index contributed by atoms with van der Waals surface area (Å²) in [6, 6.07) is -0.0957. The van der Waals surface area contributed by atoms with Crippen molar-refractivity contribution >= 4 is 16.7 Å². The molecule has 1 amide bonds. The molecule has 0 aromatic rings. The van der Waals surface area contributed by atoms with E-state index < -0.39 is 10.8 Å². The molecule has 0 spiro atoms. The maximum atomic E-state index is 11.3. The minimum Gasteiger partial charge on any atom is -0.355 e. The van der Waals surface area contributed by atoms with E-state index in [2.05, 4.69) is 5.32 Å². The van der Waals surface area contributed by atoms with Gasteiger partial charge in [0.2, 0.25) is 5.91 Å². The quantitative estimate of drug-likeness (QED) is 0.663. The van der Waals surface area contributed by atoms with E-state index in [1.54, 1.807) is 0 Å². The molecule has 4 nitrogen and oxygen atoms in total. The first kappa shape index (κ1) is 14.6. The highest BCUT2D eigenvalue weighted by Crippen LogP contribution is 2.01. The zero-order chi connectivity index (χ0) is 11.8. The van der Waals surface area contributed by atoms with Crippen molar-refractivity contribution in [2.24, 2.45) is 11.7 Å². The Hall–Kier alpha value is -0.420. The lowest BCUT2D eigenvalue weighted by Gasteiger charge is -2.14. The van der Waals surface area contributed by atoms with Crippen molar-refractivity contribution < 1.29 is 9.00 Å². The summed E-state index contributed by atoms with van der Waals surface area (Å²) in [6.45, 7) is 6.32. The number of carbonyl (C=O) groups is 1. The number of amides is 1. The lowest BCUT2D eigenvalue weighted by Crippen LogP contribution is -2.36. The largest absolute Gasteiger partial charge is 0.355 e. The van der Waals surface area contributed by atoms with E-state index >= 15 is 0 Å². The van der Waals surface area contributed by atoms with Crippen LogP contribution < -0.4 is 11.1 Å². The van der Waals surface area contributed by atoms with Crippen LogP contribution in [0.4, 0.5) is 0 Å². The average molecular weight is 234 g/mol. The lowest BCUT2D eigenvalue weighted by molar-refractivity contribution is -0.121. The summed E-state index contributed by atoms with van der Waals surface area (Å²) in [6.07, 6.45) is 0.344. The molecule has 0 radical (unpaired) electrons. The molecular formula is C10H22N2O2S. The molecule has 0 aliphatic heterocycles. The van der Waals surface area contributed by atoms with Crippen molar-refractivity contribution in [1.82, 2.24) is 5.32 Å². The van der Waals surface area contributed by atoms with Gasteiger partial charge >= 0.3 is 0 Å². The van der Waals surface area contributed by atoms with Crippen LogP contribution in [-0.4, -0.2) is 34.2 Å². The van der Waals surface area contributed by atoms with Crippen molar-refractivity contribution in [2.75, 3.05) is 18.1 Å². The SMILES string of the molecule is CCS(=O)CCNC(=O)CC(N)C(C)C. The molecule has 2 unspecified atom stereocenters. The lowest BCUT2D eigenvalue weighted by atomic mass is 10.0. The topological polar surface area (TPSA) is 72.2 Å². The molecular weight excluding hydrogens is 212 g/mol. The van der Waals surface area contributed by atoms with Crippen LogP contribution in [-0.2, 0) is 15.6 Å². The minimum absolute atomic E-state index is 0.0516. The molecule has 0 bridgehead atoms. The van der Waals surface area contributed by atoms with Crippen LogP contribution in [0.2, 0.25) is 0 Å². The van der Waals surface area contributed by atoms with Crippen molar-refractivity contribution in [3.8, 4) is 0 Å². The van der Waals surface area contributed by atoms with Gasteiger partial charge < -0.3 is 11.1 Å². The maximum Gasteiger partial charge on any atom is 0.221 e. The molecule has 0 fully saturated rings. The van der Waals surface area contributed by atoms with Gasteiger partial charge in [0.15, 0.2) is 0 Å². The van der Waals surface area contributed by atoms with Gasteiger partial charge in [-0.3, -0.25) is 9.00 Å². The van der Waals surface area contributed by atoms with E-state index in [0.717, 1.165) is 0 Å². The highest BCUT2D eigenvalue weighted by molar-refractivity contribution is 7.84. The Morgan fingerprint density at radius 2 is 2.07 bits per heavy atom. The molecule has 0 aromatic heterocycles. The van der Waals surface area contributed by atoms with Gasteiger partial charge in [0.25, 0.3) is 0 Å². The summed E-state index contributed by atoms with van der Waals surface area (Å²) >= 11 is 0. The van der Waals surface area contributed by atoms with E-state index in [0.29, 0.717) is 30.4 Å². The highest BCUT2D eigenvalue weighted by atomic mass is 32.2. The molecule has 0 aliphatic carbocycles. The van der Waals surface area contributed by atoms with E-state index in [4.69, 9.17) is 5.73 Å². The predicted octanol–water partition coefficient (Wildman–Crippen LogP) is 0.245. The van der Waals surface area contributed by atoms with Crippen molar-refractivity contribution in [3.63, 3.8) is 0 Å². The molecule has 5 heteroatoms. The van der Waals surface area contributed by atoms with Crippen LogP contribution in [0.15, 0.2) is 0 Å². The molecule has 0 aromatic carbocycles. The molecule has 2 atom stereocenters. The standard InChI is InChI=1S/C10H22N2O2S/c1-4-15(14)6-5-12-10(13)7-9(11)8(2)3/h8-9H,4-7,11H2,1-3H3,(H,12,13). The fourth-order valence-corrected chi connectivity index (χ4v) is 1.59. The molecule has 0 heterocycles. The van der Waals surface area contributed by atoms with E-state index in [1.807, 2.05) is 20.8 Å². The summed E-state index contributed by atoms with van der Waals surface area (Å²) in [5.74, 6) is 1.42. The predicted molar refractivity (Wildman–Crippen MR) is 64.0 cm³/mol. The molecule has 0 saturated heterocycles. The number of nitrogens with one attached hydrogen (secondary N) is 1. The number of hydrogen-bond acceptors (Lipinski definition) is 3. The third kappa shape index (κ3) is 7.50. The normalized spacial score (nSPS) is 15.0. The summed E-state index contributed by atoms with van der Waals surface area (Å²) in [7, 11) is -0.811. The summed E-state index contributed by atoms with van der Waals surface area (Å²) in [5, 5.41) is 2.72. The zero-order valence-electron chi connectivity index (χ0n) is 9.79. The Bertz CT molecular complexity index is 219. The molecule has 0 saturated carbocycles. The van der Waals surface area contributed by atoms with Crippen LogP contribution in [0.5, 0.6) is 0 Å². The molecule has 0 rings (SSSR count). The van der Waals surface area contributed by atoms with Gasteiger partial charge in [0.05, 0.1) is 0 Å².